The molecule has 1 amide bonds. The van der Waals surface area contributed by atoms with E-state index in [0.29, 0.717) is 0 Å². The van der Waals surface area contributed by atoms with Crippen molar-refractivity contribution in [2.45, 2.75) is 33.1 Å². The second kappa shape index (κ2) is 8.56. The molecule has 1 heterocycles. The Morgan fingerprint density at radius 2 is 2.09 bits per heavy atom. The number of hydrogen-bond acceptors (Lipinski definition) is 2. The van der Waals surface area contributed by atoms with Crippen LogP contribution in [0.25, 0.3) is 0 Å². The maximum atomic E-state index is 11.0. The smallest absolute Gasteiger partial charge is 0.221 e. The van der Waals surface area contributed by atoms with E-state index in [1.165, 1.54) is 25.3 Å². The lowest BCUT2D eigenvalue weighted by Gasteiger charge is -2.33. The fourth-order valence-corrected chi connectivity index (χ4v) is 2.99. The second-order valence-electron chi connectivity index (χ2n) is 6.30. The predicted octanol–water partition coefficient (Wildman–Crippen LogP) is 2.49. The molecule has 2 N–H and O–H groups in total. The standard InChI is InChI=1S/C18H28N4O/c1-14-5-4-12-22(13-14)18(19-3)20-11-10-16-6-8-17(9-7-16)21-15(2)23/h6-9,14H,4-5,10-13H2,1-3H3,(H,19,20)(H,21,23). The monoisotopic (exact) mass is 316 g/mol. The number of carbonyl (C=O) groups is 1. The number of nitrogens with one attached hydrogen (secondary N) is 2. The molecule has 0 aliphatic carbocycles. The number of anilines is 1. The predicted molar refractivity (Wildman–Crippen MR) is 95.8 cm³/mol. The Balaban J connectivity index is 1.80. The van der Waals surface area contributed by atoms with E-state index >= 15 is 0 Å². The lowest BCUT2D eigenvalue weighted by molar-refractivity contribution is -0.114. The zero-order chi connectivity index (χ0) is 16.7. The first-order valence-corrected chi connectivity index (χ1v) is 8.40. The Kier molecular flexibility index (Phi) is 6.44. The summed E-state index contributed by atoms with van der Waals surface area (Å²) < 4.78 is 0. The van der Waals surface area contributed by atoms with E-state index in [1.54, 1.807) is 0 Å². The summed E-state index contributed by atoms with van der Waals surface area (Å²) in [5.41, 5.74) is 2.08. The minimum Gasteiger partial charge on any atom is -0.356 e. The third kappa shape index (κ3) is 5.58. The van der Waals surface area contributed by atoms with Gasteiger partial charge in [0, 0.05) is 39.3 Å². The lowest BCUT2D eigenvalue weighted by atomic mass is 10.0. The summed E-state index contributed by atoms with van der Waals surface area (Å²) in [4.78, 5) is 17.8. The molecule has 1 saturated heterocycles. The van der Waals surface area contributed by atoms with Crippen molar-refractivity contribution in [2.24, 2.45) is 10.9 Å². The highest BCUT2D eigenvalue weighted by Gasteiger charge is 2.18. The van der Waals surface area contributed by atoms with Crippen LogP contribution >= 0.6 is 0 Å². The number of piperidine rings is 1. The first-order chi connectivity index (χ1) is 11.1. The minimum absolute atomic E-state index is 0.0426. The van der Waals surface area contributed by atoms with Gasteiger partial charge >= 0.3 is 0 Å². The molecule has 23 heavy (non-hydrogen) atoms. The summed E-state index contributed by atoms with van der Waals surface area (Å²) in [5.74, 6) is 1.70. The maximum absolute atomic E-state index is 11.0. The molecular formula is C18H28N4O. The number of likely N-dealkylation sites (tertiary alicyclic amines) is 1. The summed E-state index contributed by atoms with van der Waals surface area (Å²) in [6, 6.07) is 7.99. The van der Waals surface area contributed by atoms with Gasteiger partial charge in [-0.2, -0.15) is 0 Å². The molecule has 1 aromatic carbocycles. The zero-order valence-corrected chi connectivity index (χ0v) is 14.4. The van der Waals surface area contributed by atoms with Gasteiger partial charge in [-0.25, -0.2) is 0 Å². The summed E-state index contributed by atoms with van der Waals surface area (Å²) in [6.07, 6.45) is 3.49. The molecule has 0 aromatic heterocycles. The molecule has 1 aliphatic rings. The molecular weight excluding hydrogens is 288 g/mol. The van der Waals surface area contributed by atoms with Crippen LogP contribution in [0.2, 0.25) is 0 Å². The molecule has 126 valence electrons. The van der Waals surface area contributed by atoms with Crippen LogP contribution in [-0.2, 0) is 11.2 Å². The second-order valence-corrected chi connectivity index (χ2v) is 6.30. The number of amides is 1. The van der Waals surface area contributed by atoms with E-state index in [2.05, 4.69) is 39.6 Å². The topological polar surface area (TPSA) is 56.7 Å². The first kappa shape index (κ1) is 17.3. The molecule has 1 fully saturated rings. The van der Waals surface area contributed by atoms with Crippen LogP contribution in [0.4, 0.5) is 5.69 Å². The van der Waals surface area contributed by atoms with Gasteiger partial charge < -0.3 is 15.5 Å². The van der Waals surface area contributed by atoms with Crippen molar-refractivity contribution in [3.8, 4) is 0 Å². The van der Waals surface area contributed by atoms with E-state index in [4.69, 9.17) is 0 Å². The van der Waals surface area contributed by atoms with Crippen molar-refractivity contribution >= 4 is 17.6 Å². The zero-order valence-electron chi connectivity index (χ0n) is 14.4. The molecule has 0 radical (unpaired) electrons. The van der Waals surface area contributed by atoms with E-state index in [-0.39, 0.29) is 5.91 Å². The number of aliphatic imine (C=N–C) groups is 1. The molecule has 1 atom stereocenters. The molecule has 0 bridgehead atoms. The Morgan fingerprint density at radius 1 is 1.35 bits per heavy atom. The van der Waals surface area contributed by atoms with Crippen molar-refractivity contribution in [1.82, 2.24) is 10.2 Å². The van der Waals surface area contributed by atoms with Crippen molar-refractivity contribution < 1.29 is 4.79 Å². The third-order valence-electron chi connectivity index (χ3n) is 4.14. The fourth-order valence-electron chi connectivity index (χ4n) is 2.99. The maximum Gasteiger partial charge on any atom is 0.221 e. The van der Waals surface area contributed by atoms with Crippen LogP contribution in [0, 0.1) is 5.92 Å². The summed E-state index contributed by atoms with van der Waals surface area (Å²) in [5, 5.41) is 6.24. The number of carbonyl (C=O) groups excluding carboxylic acids is 1. The Morgan fingerprint density at radius 3 is 2.70 bits per heavy atom. The molecule has 1 aromatic rings. The van der Waals surface area contributed by atoms with Crippen LogP contribution in [0.15, 0.2) is 29.3 Å². The van der Waals surface area contributed by atoms with Crippen LogP contribution in [0.1, 0.15) is 32.3 Å². The van der Waals surface area contributed by atoms with Gasteiger partial charge in [-0.15, -0.1) is 0 Å². The Labute approximate surface area is 139 Å². The summed E-state index contributed by atoms with van der Waals surface area (Å²) >= 11 is 0. The highest BCUT2D eigenvalue weighted by molar-refractivity contribution is 5.88. The van der Waals surface area contributed by atoms with Gasteiger partial charge in [0.1, 0.15) is 0 Å². The van der Waals surface area contributed by atoms with Gasteiger partial charge in [0.05, 0.1) is 0 Å². The largest absolute Gasteiger partial charge is 0.356 e. The summed E-state index contributed by atoms with van der Waals surface area (Å²) in [7, 11) is 1.85. The number of guanidine groups is 1. The minimum atomic E-state index is -0.0426. The van der Waals surface area contributed by atoms with Crippen LogP contribution < -0.4 is 10.6 Å². The average Bonchev–Trinajstić information content (AvgIpc) is 2.52. The van der Waals surface area contributed by atoms with E-state index in [1.807, 2.05) is 19.2 Å². The van der Waals surface area contributed by atoms with Gasteiger partial charge in [-0.05, 0) is 42.9 Å². The van der Waals surface area contributed by atoms with Gasteiger partial charge in [0.2, 0.25) is 5.91 Å². The molecule has 0 saturated carbocycles. The quantitative estimate of drug-likeness (QED) is 0.663. The highest BCUT2D eigenvalue weighted by Crippen LogP contribution is 2.15. The number of rotatable bonds is 4. The van der Waals surface area contributed by atoms with E-state index in [9.17, 15) is 4.79 Å². The van der Waals surface area contributed by atoms with E-state index < -0.39 is 0 Å². The number of nitrogens with zero attached hydrogens (tertiary/aromatic N) is 2. The number of benzene rings is 1. The SMILES string of the molecule is CN=C(NCCc1ccc(NC(C)=O)cc1)N1CCCC(C)C1. The van der Waals surface area contributed by atoms with Crippen LogP contribution in [0.3, 0.4) is 0 Å². The fraction of sp³-hybridized carbons (Fsp3) is 0.556. The third-order valence-corrected chi connectivity index (χ3v) is 4.14. The highest BCUT2D eigenvalue weighted by atomic mass is 16.1. The van der Waals surface area contributed by atoms with Crippen molar-refractivity contribution in [1.29, 1.82) is 0 Å². The average molecular weight is 316 g/mol. The normalized spacial score (nSPS) is 18.7. The van der Waals surface area contributed by atoms with Crippen molar-refractivity contribution in [3.63, 3.8) is 0 Å². The van der Waals surface area contributed by atoms with Crippen molar-refractivity contribution in [2.75, 3.05) is 32.0 Å². The van der Waals surface area contributed by atoms with Gasteiger partial charge in [-0.1, -0.05) is 19.1 Å². The Hall–Kier alpha value is -2.04. The summed E-state index contributed by atoms with van der Waals surface area (Å²) in [6.45, 7) is 6.86. The molecule has 1 unspecified atom stereocenters. The van der Waals surface area contributed by atoms with E-state index in [0.717, 1.165) is 43.6 Å². The van der Waals surface area contributed by atoms with Gasteiger partial charge in [-0.3, -0.25) is 9.79 Å². The van der Waals surface area contributed by atoms with Gasteiger partial charge in [0.15, 0.2) is 5.96 Å². The molecule has 1 aliphatic heterocycles. The number of hydrogen-bond donors (Lipinski definition) is 2. The first-order valence-electron chi connectivity index (χ1n) is 8.40. The van der Waals surface area contributed by atoms with Crippen LogP contribution in [-0.4, -0.2) is 43.4 Å². The molecule has 0 spiro atoms. The van der Waals surface area contributed by atoms with Crippen LogP contribution in [0.5, 0.6) is 0 Å². The van der Waals surface area contributed by atoms with Gasteiger partial charge in [0.25, 0.3) is 0 Å². The lowest BCUT2D eigenvalue weighted by Crippen LogP contribution is -2.46. The van der Waals surface area contributed by atoms with Crippen molar-refractivity contribution in [3.05, 3.63) is 29.8 Å². The molecule has 5 heteroatoms. The molecule has 5 nitrogen and oxygen atoms in total. The Bertz CT molecular complexity index is 538. The molecule has 2 rings (SSSR count).